The van der Waals surface area contributed by atoms with Crippen molar-refractivity contribution in [3.05, 3.63) is 87.0 Å². The zero-order valence-electron chi connectivity index (χ0n) is 21.6. The van der Waals surface area contributed by atoms with Gasteiger partial charge in [-0.15, -0.1) is 0 Å². The highest BCUT2D eigenvalue weighted by Crippen LogP contribution is 2.37. The molecule has 204 valence electrons. The lowest BCUT2D eigenvalue weighted by Gasteiger charge is -2.25. The van der Waals surface area contributed by atoms with Crippen molar-refractivity contribution < 1.29 is 28.7 Å². The van der Waals surface area contributed by atoms with Crippen LogP contribution in [0.3, 0.4) is 0 Å². The number of carbonyl (C=O) groups is 1. The minimum absolute atomic E-state index is 0.145. The molecule has 0 unspecified atom stereocenters. The maximum atomic E-state index is 13.9. The van der Waals surface area contributed by atoms with Crippen molar-refractivity contribution in [2.24, 2.45) is 4.99 Å². The molecule has 0 amide bonds. The summed E-state index contributed by atoms with van der Waals surface area (Å²) in [7, 11) is 4.30. The van der Waals surface area contributed by atoms with Gasteiger partial charge in [-0.2, -0.15) is 0 Å². The number of halogens is 1. The van der Waals surface area contributed by atoms with Gasteiger partial charge in [0, 0.05) is 11.6 Å². The predicted molar refractivity (Wildman–Crippen MR) is 147 cm³/mol. The van der Waals surface area contributed by atoms with Crippen LogP contribution >= 0.6 is 27.3 Å². The van der Waals surface area contributed by atoms with E-state index in [2.05, 4.69) is 20.9 Å². The number of non-ortho nitro benzene ring substituents is 1. The molecule has 0 N–H and O–H groups in total. The van der Waals surface area contributed by atoms with E-state index in [0.29, 0.717) is 26.3 Å². The number of aromatic nitrogens is 1. The Labute approximate surface area is 234 Å². The van der Waals surface area contributed by atoms with E-state index in [-0.39, 0.29) is 39.5 Å². The third-order valence-corrected chi connectivity index (χ3v) is 7.60. The molecule has 0 fully saturated rings. The molecule has 2 aromatic carbocycles. The predicted octanol–water partition coefficient (Wildman–Crippen LogP) is 3.49. The summed E-state index contributed by atoms with van der Waals surface area (Å²) < 4.78 is 23.7. The summed E-state index contributed by atoms with van der Waals surface area (Å²) in [5.74, 6) is 0.367. The molecule has 1 aliphatic heterocycles. The molecule has 0 saturated carbocycles. The first-order valence-corrected chi connectivity index (χ1v) is 13.2. The molecule has 13 heteroatoms. The second kappa shape index (κ2) is 11.4. The standard InChI is InChI=1S/C26H24BrN3O8S/c1-6-38-25(32)21-13(2)28-26-29(22(21)14-7-8-18(35-3)17(27)10-14)24(31)20(39-26)11-15-9-16(30(33)34)12-19(36-4)23(15)37-5/h7-12,22H,6H2,1-5H3/b20-11-/t22-/m0/s1. The summed E-state index contributed by atoms with van der Waals surface area (Å²) in [4.78, 5) is 42.8. The number of nitro groups is 1. The molecule has 11 nitrogen and oxygen atoms in total. The molecular formula is C26H24BrN3O8S. The number of fused-ring (bicyclic) bond motifs is 1. The largest absolute Gasteiger partial charge is 0.496 e. The van der Waals surface area contributed by atoms with E-state index in [0.717, 1.165) is 11.3 Å². The highest BCUT2D eigenvalue weighted by atomic mass is 79.9. The topological polar surface area (TPSA) is 131 Å². The lowest BCUT2D eigenvalue weighted by Crippen LogP contribution is -2.40. The lowest BCUT2D eigenvalue weighted by molar-refractivity contribution is -0.385. The van der Waals surface area contributed by atoms with Crippen molar-refractivity contribution >= 4 is 45.0 Å². The SMILES string of the molecule is CCOC(=O)C1=C(C)N=c2s/c(=C\c3cc([N+](=O)[O-])cc(OC)c3OC)c(=O)n2[C@H]1c1ccc(OC)c(Br)c1. The molecule has 0 aliphatic carbocycles. The maximum absolute atomic E-state index is 13.9. The van der Waals surface area contributed by atoms with Crippen LogP contribution < -0.4 is 29.1 Å². The molecule has 1 aromatic heterocycles. The second-order valence-corrected chi connectivity index (χ2v) is 10.1. The molecular weight excluding hydrogens is 594 g/mol. The van der Waals surface area contributed by atoms with Gasteiger partial charge in [0.2, 0.25) is 0 Å². The Morgan fingerprint density at radius 3 is 2.49 bits per heavy atom. The molecule has 2 heterocycles. The average Bonchev–Trinajstić information content (AvgIpc) is 3.21. The number of thiazole rings is 1. The summed E-state index contributed by atoms with van der Waals surface area (Å²) in [5.41, 5.74) is 0.863. The molecule has 1 atom stereocenters. The van der Waals surface area contributed by atoms with Gasteiger partial charge in [-0.3, -0.25) is 19.5 Å². The van der Waals surface area contributed by atoms with E-state index in [9.17, 15) is 19.7 Å². The quantitative estimate of drug-likeness (QED) is 0.213. The van der Waals surface area contributed by atoms with Crippen molar-refractivity contribution in [1.82, 2.24) is 4.57 Å². The average molecular weight is 618 g/mol. The minimum Gasteiger partial charge on any atom is -0.496 e. The molecule has 0 saturated heterocycles. The van der Waals surface area contributed by atoms with Gasteiger partial charge in [-0.25, -0.2) is 9.79 Å². The first-order valence-electron chi connectivity index (χ1n) is 11.6. The first kappa shape index (κ1) is 28.0. The van der Waals surface area contributed by atoms with E-state index < -0.39 is 22.5 Å². The zero-order valence-corrected chi connectivity index (χ0v) is 24.0. The van der Waals surface area contributed by atoms with Crippen LogP contribution in [0.1, 0.15) is 31.0 Å². The van der Waals surface area contributed by atoms with Crippen LogP contribution in [-0.2, 0) is 9.53 Å². The minimum atomic E-state index is -0.841. The Morgan fingerprint density at radius 2 is 1.90 bits per heavy atom. The van der Waals surface area contributed by atoms with Crippen molar-refractivity contribution in [2.75, 3.05) is 27.9 Å². The number of carbonyl (C=O) groups excluding carboxylic acids is 1. The maximum Gasteiger partial charge on any atom is 0.338 e. The van der Waals surface area contributed by atoms with Crippen molar-refractivity contribution in [3.8, 4) is 17.2 Å². The van der Waals surface area contributed by atoms with Gasteiger partial charge < -0.3 is 18.9 Å². The lowest BCUT2D eigenvalue weighted by atomic mass is 9.96. The molecule has 0 spiro atoms. The van der Waals surface area contributed by atoms with Crippen LogP contribution in [0.15, 0.2) is 55.9 Å². The van der Waals surface area contributed by atoms with Gasteiger partial charge in [-0.05, 0) is 53.5 Å². The number of benzene rings is 2. The van der Waals surface area contributed by atoms with Gasteiger partial charge in [0.25, 0.3) is 11.2 Å². The van der Waals surface area contributed by atoms with E-state index >= 15 is 0 Å². The van der Waals surface area contributed by atoms with Gasteiger partial charge in [0.1, 0.15) is 5.75 Å². The van der Waals surface area contributed by atoms with E-state index in [1.54, 1.807) is 32.0 Å². The number of allylic oxidation sites excluding steroid dienone is 1. The summed E-state index contributed by atoms with van der Waals surface area (Å²) in [6.07, 6.45) is 1.49. The summed E-state index contributed by atoms with van der Waals surface area (Å²) >= 11 is 4.56. The number of rotatable bonds is 8. The molecule has 4 rings (SSSR count). The van der Waals surface area contributed by atoms with Gasteiger partial charge in [-0.1, -0.05) is 17.4 Å². The first-order chi connectivity index (χ1) is 18.6. The van der Waals surface area contributed by atoms with Crippen molar-refractivity contribution in [1.29, 1.82) is 0 Å². The Morgan fingerprint density at radius 1 is 1.18 bits per heavy atom. The number of methoxy groups -OCH3 is 3. The fourth-order valence-corrected chi connectivity index (χ4v) is 5.89. The van der Waals surface area contributed by atoms with Crippen LogP contribution in [-0.4, -0.2) is 43.4 Å². The summed E-state index contributed by atoms with van der Waals surface area (Å²) in [6, 6.07) is 6.96. The van der Waals surface area contributed by atoms with Crippen LogP contribution in [0.4, 0.5) is 5.69 Å². The fourth-order valence-electron chi connectivity index (χ4n) is 4.29. The zero-order chi connectivity index (χ0) is 28.4. The number of hydrogen-bond acceptors (Lipinski definition) is 10. The van der Waals surface area contributed by atoms with Crippen LogP contribution in [0, 0.1) is 10.1 Å². The highest BCUT2D eigenvalue weighted by Gasteiger charge is 2.33. The molecule has 0 bridgehead atoms. The van der Waals surface area contributed by atoms with E-state index in [4.69, 9.17) is 18.9 Å². The molecule has 39 heavy (non-hydrogen) atoms. The molecule has 0 radical (unpaired) electrons. The van der Waals surface area contributed by atoms with Crippen LogP contribution in [0.2, 0.25) is 0 Å². The third-order valence-electron chi connectivity index (χ3n) is 6.00. The molecule has 1 aliphatic rings. The monoisotopic (exact) mass is 617 g/mol. The number of ether oxygens (including phenoxy) is 4. The Bertz CT molecular complexity index is 1690. The van der Waals surface area contributed by atoms with Gasteiger partial charge in [0.15, 0.2) is 16.3 Å². The number of hydrogen-bond donors (Lipinski definition) is 0. The Balaban J connectivity index is 2.01. The second-order valence-electron chi connectivity index (χ2n) is 8.22. The van der Waals surface area contributed by atoms with E-state index in [1.807, 2.05) is 0 Å². The number of nitro benzene ring substituents is 1. The van der Waals surface area contributed by atoms with Gasteiger partial charge in [0.05, 0.1) is 65.2 Å². The number of nitrogens with zero attached hydrogens (tertiary/aromatic N) is 3. The van der Waals surface area contributed by atoms with Crippen LogP contribution in [0.5, 0.6) is 17.2 Å². The normalized spacial score (nSPS) is 14.9. The Kier molecular flexibility index (Phi) is 8.21. The number of esters is 1. The van der Waals surface area contributed by atoms with Crippen molar-refractivity contribution in [2.45, 2.75) is 19.9 Å². The summed E-state index contributed by atoms with van der Waals surface area (Å²) in [5, 5.41) is 11.5. The third kappa shape index (κ3) is 5.19. The van der Waals surface area contributed by atoms with Gasteiger partial charge >= 0.3 is 5.97 Å². The smallest absolute Gasteiger partial charge is 0.338 e. The van der Waals surface area contributed by atoms with E-state index in [1.165, 1.54) is 44.1 Å². The Hall–Kier alpha value is -3.97. The molecule has 3 aromatic rings. The highest BCUT2D eigenvalue weighted by molar-refractivity contribution is 9.10. The van der Waals surface area contributed by atoms with Crippen molar-refractivity contribution in [3.63, 3.8) is 0 Å². The van der Waals surface area contributed by atoms with Crippen LogP contribution in [0.25, 0.3) is 6.08 Å². The summed E-state index contributed by atoms with van der Waals surface area (Å²) in [6.45, 7) is 3.53. The fraction of sp³-hybridized carbons (Fsp3) is 0.269.